The Morgan fingerprint density at radius 1 is 1.37 bits per heavy atom. The van der Waals surface area contributed by atoms with Crippen LogP contribution in [0.2, 0.25) is 5.02 Å². The number of aromatic nitrogens is 2. The third kappa shape index (κ3) is 3.50. The van der Waals surface area contributed by atoms with Crippen molar-refractivity contribution in [2.45, 2.75) is 12.5 Å². The second kappa shape index (κ2) is 7.58. The molecule has 4 rings (SSSR count). The van der Waals surface area contributed by atoms with Crippen LogP contribution in [-0.2, 0) is 6.42 Å². The highest BCUT2D eigenvalue weighted by molar-refractivity contribution is 6.30. The summed E-state index contributed by atoms with van der Waals surface area (Å²) in [6, 6.07) is 11.9. The Hall–Kier alpha value is -2.57. The highest BCUT2D eigenvalue weighted by Gasteiger charge is 2.28. The van der Waals surface area contributed by atoms with Gasteiger partial charge in [-0.2, -0.15) is 0 Å². The van der Waals surface area contributed by atoms with E-state index in [1.807, 2.05) is 30.3 Å². The van der Waals surface area contributed by atoms with Gasteiger partial charge < -0.3 is 20.5 Å². The van der Waals surface area contributed by atoms with E-state index in [2.05, 4.69) is 31.6 Å². The molecule has 1 fully saturated rings. The Morgan fingerprint density at radius 2 is 2.26 bits per heavy atom. The monoisotopic (exact) mass is 383 g/mol. The highest BCUT2D eigenvalue weighted by atomic mass is 35.5. The number of hydrogen-bond acceptors (Lipinski definition) is 4. The van der Waals surface area contributed by atoms with E-state index in [-0.39, 0.29) is 11.9 Å². The van der Waals surface area contributed by atoms with Crippen molar-refractivity contribution in [1.29, 1.82) is 0 Å². The fraction of sp³-hybridized carbons (Fsp3) is 0.300. The van der Waals surface area contributed by atoms with E-state index < -0.39 is 0 Å². The van der Waals surface area contributed by atoms with Gasteiger partial charge in [-0.15, -0.1) is 0 Å². The smallest absolute Gasteiger partial charge is 0.253 e. The van der Waals surface area contributed by atoms with Crippen LogP contribution in [0.3, 0.4) is 0 Å². The number of nitrogens with one attached hydrogen (secondary N) is 3. The molecule has 1 aliphatic heterocycles. The van der Waals surface area contributed by atoms with E-state index in [1.165, 1.54) is 5.56 Å². The first-order chi connectivity index (χ1) is 13.2. The van der Waals surface area contributed by atoms with E-state index >= 15 is 0 Å². The van der Waals surface area contributed by atoms with Crippen molar-refractivity contribution in [2.24, 2.45) is 0 Å². The molecule has 27 heavy (non-hydrogen) atoms. The number of nitrogens with zero attached hydrogens (tertiary/aromatic N) is 2. The number of piperazine rings is 1. The Morgan fingerprint density at radius 3 is 3.07 bits per heavy atom. The van der Waals surface area contributed by atoms with Gasteiger partial charge in [0.1, 0.15) is 5.52 Å². The highest BCUT2D eigenvalue weighted by Crippen LogP contribution is 2.32. The van der Waals surface area contributed by atoms with Crippen LogP contribution in [0.1, 0.15) is 15.9 Å². The van der Waals surface area contributed by atoms with Crippen LogP contribution in [0.15, 0.2) is 42.7 Å². The maximum atomic E-state index is 12.5. The van der Waals surface area contributed by atoms with E-state index in [1.54, 1.807) is 13.4 Å². The average molecular weight is 384 g/mol. The molecule has 0 spiro atoms. The molecule has 0 radical (unpaired) electrons. The Labute approximate surface area is 162 Å². The molecule has 1 atom stereocenters. The molecule has 2 aromatic carbocycles. The van der Waals surface area contributed by atoms with Crippen LogP contribution in [0, 0.1) is 0 Å². The van der Waals surface area contributed by atoms with Gasteiger partial charge in [0.25, 0.3) is 5.91 Å². The minimum Gasteiger partial charge on any atom is -0.363 e. The summed E-state index contributed by atoms with van der Waals surface area (Å²) in [5.41, 5.74) is 4.47. The topological polar surface area (TPSA) is 73.0 Å². The summed E-state index contributed by atoms with van der Waals surface area (Å²) in [5.74, 6) is -0.102. The zero-order valence-corrected chi connectivity index (χ0v) is 15.9. The number of benzene rings is 2. The Balaban J connectivity index is 1.77. The third-order valence-electron chi connectivity index (χ3n) is 5.03. The predicted octanol–water partition coefficient (Wildman–Crippen LogP) is 2.60. The minimum atomic E-state index is -0.102. The third-order valence-corrected chi connectivity index (χ3v) is 5.27. The maximum Gasteiger partial charge on any atom is 0.253 e. The zero-order chi connectivity index (χ0) is 18.8. The molecule has 7 heteroatoms. The molecule has 3 aromatic rings. The molecule has 140 valence electrons. The zero-order valence-electron chi connectivity index (χ0n) is 15.1. The summed E-state index contributed by atoms with van der Waals surface area (Å²) in [5, 5.41) is 6.96. The van der Waals surface area contributed by atoms with Gasteiger partial charge in [0, 0.05) is 37.7 Å². The van der Waals surface area contributed by atoms with Crippen molar-refractivity contribution in [3.8, 4) is 0 Å². The molecule has 0 saturated carbocycles. The number of halogens is 1. The number of rotatable bonds is 4. The second-order valence-corrected chi connectivity index (χ2v) is 7.16. The van der Waals surface area contributed by atoms with Gasteiger partial charge in [0.2, 0.25) is 0 Å². The van der Waals surface area contributed by atoms with E-state index in [0.717, 1.165) is 47.8 Å². The summed E-state index contributed by atoms with van der Waals surface area (Å²) in [6.45, 7) is 2.50. The molecule has 1 unspecified atom stereocenters. The average Bonchev–Trinajstić information content (AvgIpc) is 3.16. The molecule has 1 saturated heterocycles. The van der Waals surface area contributed by atoms with E-state index in [4.69, 9.17) is 11.6 Å². The fourth-order valence-electron chi connectivity index (χ4n) is 3.78. The van der Waals surface area contributed by atoms with Crippen LogP contribution < -0.4 is 15.5 Å². The van der Waals surface area contributed by atoms with Gasteiger partial charge in [-0.05, 0) is 36.2 Å². The molecular formula is C20H22ClN5O. The lowest BCUT2D eigenvalue weighted by Gasteiger charge is -2.39. The first-order valence-corrected chi connectivity index (χ1v) is 9.45. The van der Waals surface area contributed by atoms with Crippen LogP contribution in [0.4, 0.5) is 5.69 Å². The lowest BCUT2D eigenvalue weighted by molar-refractivity contribution is 0.0963. The van der Waals surface area contributed by atoms with Gasteiger partial charge in [0.15, 0.2) is 0 Å². The van der Waals surface area contributed by atoms with E-state index in [9.17, 15) is 4.79 Å². The predicted molar refractivity (Wildman–Crippen MR) is 109 cm³/mol. The van der Waals surface area contributed by atoms with E-state index in [0.29, 0.717) is 5.56 Å². The SMILES string of the molecule is CNC(=O)c1ccc2[nH]cnc2c1N1CCNCC1Cc1cccc(Cl)c1. The normalized spacial score (nSPS) is 17.3. The van der Waals surface area contributed by atoms with Crippen molar-refractivity contribution >= 4 is 34.2 Å². The van der Waals surface area contributed by atoms with Crippen molar-refractivity contribution < 1.29 is 4.79 Å². The van der Waals surface area contributed by atoms with Gasteiger partial charge in [-0.1, -0.05) is 23.7 Å². The Kier molecular flexibility index (Phi) is 5.01. The molecule has 2 heterocycles. The number of fused-ring (bicyclic) bond motifs is 1. The molecule has 6 nitrogen and oxygen atoms in total. The minimum absolute atomic E-state index is 0.102. The first kappa shape index (κ1) is 17.8. The number of H-pyrrole nitrogens is 1. The number of imidazole rings is 1. The van der Waals surface area contributed by atoms with Crippen LogP contribution in [0.25, 0.3) is 11.0 Å². The number of hydrogen-bond donors (Lipinski definition) is 3. The van der Waals surface area contributed by atoms with Gasteiger partial charge in [-0.25, -0.2) is 4.98 Å². The number of aromatic amines is 1. The standard InChI is InChI=1S/C20H22ClN5O/c1-22-20(27)16-5-6-17-18(25-12-24-17)19(16)26-8-7-23-11-15(26)10-13-3-2-4-14(21)9-13/h2-6,9,12,15,23H,7-8,10-11H2,1H3,(H,22,27)(H,24,25). The van der Waals surface area contributed by atoms with Gasteiger partial charge in [0.05, 0.1) is 23.1 Å². The largest absolute Gasteiger partial charge is 0.363 e. The molecule has 1 aliphatic rings. The lowest BCUT2D eigenvalue weighted by Crippen LogP contribution is -2.53. The van der Waals surface area contributed by atoms with Gasteiger partial charge >= 0.3 is 0 Å². The number of amides is 1. The summed E-state index contributed by atoms with van der Waals surface area (Å²) in [6.07, 6.45) is 2.51. The quantitative estimate of drug-likeness (QED) is 0.647. The van der Waals surface area contributed by atoms with Crippen LogP contribution >= 0.6 is 11.6 Å². The molecule has 1 amide bonds. The van der Waals surface area contributed by atoms with Crippen LogP contribution in [0.5, 0.6) is 0 Å². The van der Waals surface area contributed by atoms with Crippen molar-refractivity contribution in [3.05, 3.63) is 58.9 Å². The first-order valence-electron chi connectivity index (χ1n) is 9.07. The summed E-state index contributed by atoms with van der Waals surface area (Å²) < 4.78 is 0. The second-order valence-electron chi connectivity index (χ2n) is 6.72. The lowest BCUT2D eigenvalue weighted by atomic mass is 10.00. The Bertz CT molecular complexity index is 970. The van der Waals surface area contributed by atoms with Crippen LogP contribution in [-0.4, -0.2) is 48.6 Å². The van der Waals surface area contributed by atoms with Gasteiger partial charge in [-0.3, -0.25) is 4.79 Å². The summed E-state index contributed by atoms with van der Waals surface area (Å²) in [4.78, 5) is 22.5. The summed E-state index contributed by atoms with van der Waals surface area (Å²) in [7, 11) is 1.65. The van der Waals surface area contributed by atoms with Crippen molar-refractivity contribution in [1.82, 2.24) is 20.6 Å². The number of carbonyl (C=O) groups is 1. The summed E-state index contributed by atoms with van der Waals surface area (Å²) >= 11 is 6.17. The molecule has 0 bridgehead atoms. The van der Waals surface area contributed by atoms with Crippen molar-refractivity contribution in [3.63, 3.8) is 0 Å². The fourth-order valence-corrected chi connectivity index (χ4v) is 3.99. The van der Waals surface area contributed by atoms with Crippen molar-refractivity contribution in [2.75, 3.05) is 31.6 Å². The maximum absolute atomic E-state index is 12.5. The molecule has 0 aliphatic carbocycles. The molecular weight excluding hydrogens is 362 g/mol. The number of anilines is 1. The number of carbonyl (C=O) groups excluding carboxylic acids is 1. The molecule has 3 N–H and O–H groups in total. The molecule has 1 aromatic heterocycles.